The summed E-state index contributed by atoms with van der Waals surface area (Å²) in [6.45, 7) is 8.46. The predicted octanol–water partition coefficient (Wildman–Crippen LogP) is 2.72. The summed E-state index contributed by atoms with van der Waals surface area (Å²) in [5.74, 6) is 0.890. The van der Waals surface area contributed by atoms with E-state index in [1.807, 2.05) is 0 Å². The molecule has 0 aromatic carbocycles. The third-order valence-corrected chi connectivity index (χ3v) is 1.70. The zero-order chi connectivity index (χ0) is 8.43. The number of aromatic nitrogens is 1. The SMILES string of the molecule is CC(C)c1[c-]onc1C(C)C.[Y]. The molecule has 1 aromatic rings. The Hall–Kier alpha value is 0.314. The molecule has 2 nitrogen and oxygen atoms in total. The quantitative estimate of drug-likeness (QED) is 0.744. The van der Waals surface area contributed by atoms with Crippen LogP contribution in [0.25, 0.3) is 0 Å². The molecule has 1 aromatic heterocycles. The van der Waals surface area contributed by atoms with Crippen LogP contribution in [0.1, 0.15) is 50.8 Å². The van der Waals surface area contributed by atoms with E-state index in [0.29, 0.717) is 11.8 Å². The number of hydrogen-bond acceptors (Lipinski definition) is 2. The monoisotopic (exact) mass is 241 g/mol. The van der Waals surface area contributed by atoms with Crippen molar-refractivity contribution in [3.05, 3.63) is 17.5 Å². The van der Waals surface area contributed by atoms with Gasteiger partial charge in [-0.05, 0) is 6.26 Å². The van der Waals surface area contributed by atoms with Gasteiger partial charge in [0.05, 0.1) is 0 Å². The zero-order valence-electron chi connectivity index (χ0n) is 8.09. The molecule has 0 saturated heterocycles. The van der Waals surface area contributed by atoms with Gasteiger partial charge in [-0.3, -0.25) is 0 Å². The molecule has 3 heteroatoms. The van der Waals surface area contributed by atoms with Gasteiger partial charge in [0, 0.05) is 32.7 Å². The van der Waals surface area contributed by atoms with Gasteiger partial charge in [0.2, 0.25) is 0 Å². The fraction of sp³-hybridized carbons (Fsp3) is 0.667. The van der Waals surface area contributed by atoms with Crippen molar-refractivity contribution >= 4 is 0 Å². The van der Waals surface area contributed by atoms with Gasteiger partial charge in [-0.1, -0.05) is 45.2 Å². The molecule has 0 aliphatic rings. The van der Waals surface area contributed by atoms with Gasteiger partial charge < -0.3 is 4.52 Å². The summed E-state index contributed by atoms with van der Waals surface area (Å²) in [5, 5.41) is 3.91. The first kappa shape index (κ1) is 12.3. The molecule has 0 aliphatic carbocycles. The molecule has 0 amide bonds. The molecule has 12 heavy (non-hydrogen) atoms. The first-order chi connectivity index (χ1) is 5.13. The fourth-order valence-electron chi connectivity index (χ4n) is 1.05. The molecule has 1 rings (SSSR count). The maximum Gasteiger partial charge on any atom is 0 e. The van der Waals surface area contributed by atoms with Gasteiger partial charge in [0.25, 0.3) is 0 Å². The van der Waals surface area contributed by atoms with E-state index in [1.54, 1.807) is 0 Å². The molecule has 0 fully saturated rings. The van der Waals surface area contributed by atoms with Crippen molar-refractivity contribution in [1.29, 1.82) is 0 Å². The summed E-state index contributed by atoms with van der Waals surface area (Å²) in [7, 11) is 0. The Bertz CT molecular complexity index is 208. The van der Waals surface area contributed by atoms with E-state index in [-0.39, 0.29) is 32.7 Å². The van der Waals surface area contributed by atoms with Gasteiger partial charge >= 0.3 is 0 Å². The third-order valence-electron chi connectivity index (χ3n) is 1.70. The zero-order valence-corrected chi connectivity index (χ0v) is 10.9. The van der Waals surface area contributed by atoms with Crippen LogP contribution in [0.5, 0.6) is 0 Å². The molecule has 0 atom stereocenters. The Balaban J connectivity index is 0.00000121. The van der Waals surface area contributed by atoms with Crippen molar-refractivity contribution in [2.75, 3.05) is 0 Å². The van der Waals surface area contributed by atoms with Gasteiger partial charge in [0.1, 0.15) is 0 Å². The summed E-state index contributed by atoms with van der Waals surface area (Å²) in [6, 6.07) is 0. The fourth-order valence-corrected chi connectivity index (χ4v) is 1.05. The minimum Gasteiger partial charge on any atom is -0.480 e. The Morgan fingerprint density at radius 3 is 2.08 bits per heavy atom. The number of nitrogens with zero attached hydrogens (tertiary/aromatic N) is 1. The van der Waals surface area contributed by atoms with E-state index in [2.05, 4.69) is 39.1 Å². The topological polar surface area (TPSA) is 26.0 Å². The van der Waals surface area contributed by atoms with E-state index in [1.165, 1.54) is 0 Å². The van der Waals surface area contributed by atoms with Crippen LogP contribution in [-0.4, -0.2) is 5.16 Å². The Labute approximate surface area is 99.0 Å². The van der Waals surface area contributed by atoms with Crippen molar-refractivity contribution in [2.24, 2.45) is 0 Å². The van der Waals surface area contributed by atoms with Crippen molar-refractivity contribution in [1.82, 2.24) is 5.16 Å². The predicted molar refractivity (Wildman–Crippen MR) is 43.5 cm³/mol. The third kappa shape index (κ3) is 2.67. The van der Waals surface area contributed by atoms with Gasteiger partial charge in [-0.15, -0.1) is 0 Å². The molecule has 65 valence electrons. The molecule has 0 saturated carbocycles. The van der Waals surface area contributed by atoms with Crippen LogP contribution in [0.3, 0.4) is 0 Å². The minimum atomic E-state index is 0. The summed E-state index contributed by atoms with van der Waals surface area (Å²) in [6.07, 6.45) is 2.80. The van der Waals surface area contributed by atoms with Crippen LogP contribution >= 0.6 is 0 Å². The van der Waals surface area contributed by atoms with E-state index >= 15 is 0 Å². The van der Waals surface area contributed by atoms with E-state index in [4.69, 9.17) is 4.52 Å². The molecule has 1 heterocycles. The second-order valence-electron chi connectivity index (χ2n) is 3.39. The van der Waals surface area contributed by atoms with Crippen LogP contribution < -0.4 is 0 Å². The Kier molecular flexibility index (Phi) is 5.27. The van der Waals surface area contributed by atoms with Crippen molar-refractivity contribution in [2.45, 2.75) is 39.5 Å². The van der Waals surface area contributed by atoms with E-state index < -0.39 is 0 Å². The van der Waals surface area contributed by atoms with Crippen molar-refractivity contribution in [3.8, 4) is 0 Å². The van der Waals surface area contributed by atoms with Crippen LogP contribution in [0, 0.1) is 6.26 Å². The van der Waals surface area contributed by atoms with Crippen LogP contribution in [0.15, 0.2) is 4.52 Å². The molecular formula is C9H14NOY-. The van der Waals surface area contributed by atoms with Crippen LogP contribution in [0.4, 0.5) is 0 Å². The molecule has 0 aliphatic heterocycles. The standard InChI is InChI=1S/C9H14NO.Y/c1-6(2)8-5-11-10-9(8)7(3)4;/h6-7H,1-4H3;/q-1;. The van der Waals surface area contributed by atoms with Gasteiger partial charge in [0.15, 0.2) is 0 Å². The van der Waals surface area contributed by atoms with Gasteiger partial charge in [-0.2, -0.15) is 5.56 Å². The van der Waals surface area contributed by atoms with Crippen molar-refractivity contribution in [3.63, 3.8) is 0 Å². The second-order valence-corrected chi connectivity index (χ2v) is 3.39. The largest absolute Gasteiger partial charge is 0.480 e. The Morgan fingerprint density at radius 1 is 1.17 bits per heavy atom. The van der Waals surface area contributed by atoms with Gasteiger partial charge in [-0.25, -0.2) is 5.16 Å². The molecule has 0 N–H and O–H groups in total. The van der Waals surface area contributed by atoms with Crippen LogP contribution in [-0.2, 0) is 32.7 Å². The normalized spacial score (nSPS) is 10.5. The maximum atomic E-state index is 4.79. The summed E-state index contributed by atoms with van der Waals surface area (Å²) < 4.78 is 4.79. The smallest absolute Gasteiger partial charge is 0 e. The number of rotatable bonds is 2. The second kappa shape index (κ2) is 5.13. The Morgan fingerprint density at radius 2 is 1.75 bits per heavy atom. The maximum absolute atomic E-state index is 4.79. The molecule has 1 radical (unpaired) electrons. The molecule has 0 bridgehead atoms. The van der Waals surface area contributed by atoms with E-state index in [9.17, 15) is 0 Å². The minimum absolute atomic E-state index is 0. The molecule has 0 spiro atoms. The first-order valence-electron chi connectivity index (χ1n) is 4.00. The average Bonchev–Trinajstić information content (AvgIpc) is 2.32. The number of hydrogen-bond donors (Lipinski definition) is 0. The average molecular weight is 241 g/mol. The van der Waals surface area contributed by atoms with Crippen LogP contribution in [0.2, 0.25) is 0 Å². The summed E-state index contributed by atoms with van der Waals surface area (Å²) >= 11 is 0. The molecular weight excluding hydrogens is 227 g/mol. The van der Waals surface area contributed by atoms with Crippen molar-refractivity contribution < 1.29 is 37.2 Å². The molecule has 0 unspecified atom stereocenters. The summed E-state index contributed by atoms with van der Waals surface area (Å²) in [5.41, 5.74) is 2.15. The first-order valence-corrected chi connectivity index (χ1v) is 4.00. The van der Waals surface area contributed by atoms with E-state index in [0.717, 1.165) is 11.3 Å². The summed E-state index contributed by atoms with van der Waals surface area (Å²) in [4.78, 5) is 0.